The number of nitrogens with two attached hydrogens (primary N) is 1. The van der Waals surface area contributed by atoms with E-state index in [1.807, 2.05) is 0 Å². The second-order valence-corrected chi connectivity index (χ2v) is 5.45. The third kappa shape index (κ3) is 2.75. The van der Waals surface area contributed by atoms with Crippen molar-refractivity contribution in [1.82, 2.24) is 4.90 Å². The molecule has 5 nitrogen and oxygen atoms in total. The van der Waals surface area contributed by atoms with Gasteiger partial charge in [-0.25, -0.2) is 0 Å². The number of benzene rings is 2. The van der Waals surface area contributed by atoms with Gasteiger partial charge in [-0.3, -0.25) is 19.3 Å². The molecule has 0 fully saturated rings. The number of alkyl halides is 3. The molecule has 1 unspecified atom stereocenters. The van der Waals surface area contributed by atoms with E-state index in [1.54, 1.807) is 0 Å². The van der Waals surface area contributed by atoms with Gasteiger partial charge >= 0.3 is 6.18 Å². The molecule has 0 aliphatic carbocycles. The van der Waals surface area contributed by atoms with E-state index >= 15 is 0 Å². The summed E-state index contributed by atoms with van der Waals surface area (Å²) in [6.07, 6.45) is -4.64. The number of carbonyl (C=O) groups is 3. The van der Waals surface area contributed by atoms with Crippen LogP contribution < -0.4 is 5.73 Å². The predicted molar refractivity (Wildman–Crippen MR) is 80.3 cm³/mol. The van der Waals surface area contributed by atoms with E-state index in [1.165, 1.54) is 30.3 Å². The van der Waals surface area contributed by atoms with Crippen molar-refractivity contribution in [1.29, 1.82) is 0 Å². The summed E-state index contributed by atoms with van der Waals surface area (Å²) in [6.45, 7) is 0. The number of fused-ring (bicyclic) bond motifs is 1. The van der Waals surface area contributed by atoms with E-state index in [4.69, 9.17) is 5.73 Å². The largest absolute Gasteiger partial charge is 0.416 e. The van der Waals surface area contributed by atoms with Crippen molar-refractivity contribution in [2.75, 3.05) is 0 Å². The van der Waals surface area contributed by atoms with Gasteiger partial charge in [0, 0.05) is 0 Å². The Morgan fingerprint density at radius 3 is 2.00 bits per heavy atom. The van der Waals surface area contributed by atoms with Gasteiger partial charge in [-0.2, -0.15) is 13.2 Å². The molecular formula is C17H11F3N2O3. The van der Waals surface area contributed by atoms with E-state index in [0.29, 0.717) is 11.0 Å². The van der Waals surface area contributed by atoms with Gasteiger partial charge in [0.05, 0.1) is 16.7 Å². The normalized spacial score (nSPS) is 15.2. The van der Waals surface area contributed by atoms with Crippen LogP contribution in [0.4, 0.5) is 13.2 Å². The monoisotopic (exact) mass is 348 g/mol. The zero-order valence-corrected chi connectivity index (χ0v) is 12.6. The van der Waals surface area contributed by atoms with Crippen molar-refractivity contribution < 1.29 is 27.6 Å². The van der Waals surface area contributed by atoms with Crippen molar-refractivity contribution in [3.05, 3.63) is 70.8 Å². The molecule has 0 spiro atoms. The first-order valence-corrected chi connectivity index (χ1v) is 7.15. The lowest BCUT2D eigenvalue weighted by Crippen LogP contribution is -2.41. The van der Waals surface area contributed by atoms with Crippen LogP contribution in [0.3, 0.4) is 0 Å². The smallest absolute Gasteiger partial charge is 0.368 e. The third-order valence-corrected chi connectivity index (χ3v) is 3.88. The number of halogens is 3. The summed E-state index contributed by atoms with van der Waals surface area (Å²) in [5.74, 6) is -2.66. The first-order chi connectivity index (χ1) is 11.7. The Kier molecular flexibility index (Phi) is 3.82. The molecule has 2 aromatic carbocycles. The number of rotatable bonds is 3. The Labute approximate surface area is 139 Å². The van der Waals surface area contributed by atoms with Crippen molar-refractivity contribution in [3.8, 4) is 0 Å². The molecule has 1 aliphatic rings. The number of hydrogen-bond acceptors (Lipinski definition) is 3. The van der Waals surface area contributed by atoms with Gasteiger partial charge in [0.1, 0.15) is 6.04 Å². The number of nitrogens with zero attached hydrogens (tertiary/aromatic N) is 1. The maximum absolute atomic E-state index is 12.9. The Hall–Kier alpha value is -3.16. The summed E-state index contributed by atoms with van der Waals surface area (Å²) in [7, 11) is 0. The van der Waals surface area contributed by atoms with E-state index < -0.39 is 35.5 Å². The topological polar surface area (TPSA) is 80.5 Å². The minimum absolute atomic E-state index is 0.0747. The molecule has 1 aliphatic heterocycles. The van der Waals surface area contributed by atoms with Gasteiger partial charge in [0.2, 0.25) is 5.91 Å². The maximum Gasteiger partial charge on any atom is 0.416 e. The molecule has 2 aromatic rings. The molecular weight excluding hydrogens is 337 g/mol. The van der Waals surface area contributed by atoms with Crippen LogP contribution in [0.1, 0.15) is 37.9 Å². The second kappa shape index (κ2) is 5.73. The molecule has 0 aromatic heterocycles. The highest BCUT2D eigenvalue weighted by atomic mass is 19.4. The molecule has 0 radical (unpaired) electrons. The predicted octanol–water partition coefficient (Wildman–Crippen LogP) is 2.53. The Bertz CT molecular complexity index is 858. The van der Waals surface area contributed by atoms with Crippen molar-refractivity contribution in [2.45, 2.75) is 12.2 Å². The van der Waals surface area contributed by atoms with Gasteiger partial charge in [0.25, 0.3) is 11.8 Å². The van der Waals surface area contributed by atoms with Crippen LogP contribution in [0.5, 0.6) is 0 Å². The quantitative estimate of drug-likeness (QED) is 0.866. The number of primary amides is 1. The average molecular weight is 348 g/mol. The molecule has 8 heteroatoms. The lowest BCUT2D eigenvalue weighted by molar-refractivity contribution is -0.137. The van der Waals surface area contributed by atoms with E-state index in [2.05, 4.69) is 0 Å². The second-order valence-electron chi connectivity index (χ2n) is 5.45. The van der Waals surface area contributed by atoms with Gasteiger partial charge in [-0.15, -0.1) is 0 Å². The zero-order chi connectivity index (χ0) is 18.4. The van der Waals surface area contributed by atoms with Crippen molar-refractivity contribution in [2.24, 2.45) is 5.73 Å². The molecule has 1 atom stereocenters. The van der Waals surface area contributed by atoms with E-state index in [0.717, 1.165) is 12.1 Å². The molecule has 1 heterocycles. The molecule has 128 valence electrons. The van der Waals surface area contributed by atoms with Crippen molar-refractivity contribution >= 4 is 17.7 Å². The molecule has 3 rings (SSSR count). The molecule has 25 heavy (non-hydrogen) atoms. The van der Waals surface area contributed by atoms with Crippen LogP contribution >= 0.6 is 0 Å². The molecule has 2 N–H and O–H groups in total. The minimum Gasteiger partial charge on any atom is -0.368 e. The summed E-state index contributed by atoms with van der Waals surface area (Å²) >= 11 is 0. The minimum atomic E-state index is -4.64. The Balaban J connectivity index is 2.09. The number of imide groups is 1. The standard InChI is InChI=1S/C17H11F3N2O3/c18-17(19,20)10-5-3-4-9(8-10)13(14(21)23)22-15(24)11-6-1-2-7-12(11)16(22)25/h1-8,13H,(H2,21,23). The number of hydrogen-bond donors (Lipinski definition) is 1. The van der Waals surface area contributed by atoms with E-state index in [9.17, 15) is 27.6 Å². The first-order valence-electron chi connectivity index (χ1n) is 7.15. The van der Waals surface area contributed by atoms with E-state index in [-0.39, 0.29) is 16.7 Å². The Morgan fingerprint density at radius 1 is 0.960 bits per heavy atom. The summed E-state index contributed by atoms with van der Waals surface area (Å²) in [6, 6.07) is 8.09. The SMILES string of the molecule is NC(=O)C(c1cccc(C(F)(F)F)c1)N1C(=O)c2ccccc2C1=O. The fourth-order valence-electron chi connectivity index (χ4n) is 2.77. The van der Waals surface area contributed by atoms with Crippen LogP contribution in [0, 0.1) is 0 Å². The fraction of sp³-hybridized carbons (Fsp3) is 0.118. The van der Waals surface area contributed by atoms with Gasteiger partial charge in [-0.05, 0) is 29.8 Å². The highest BCUT2D eigenvalue weighted by molar-refractivity contribution is 6.22. The average Bonchev–Trinajstić information content (AvgIpc) is 2.80. The third-order valence-electron chi connectivity index (χ3n) is 3.88. The van der Waals surface area contributed by atoms with Crippen LogP contribution in [0.15, 0.2) is 48.5 Å². The summed E-state index contributed by atoms with van der Waals surface area (Å²) < 4.78 is 38.7. The van der Waals surface area contributed by atoms with Gasteiger partial charge in [-0.1, -0.05) is 24.3 Å². The lowest BCUT2D eigenvalue weighted by Gasteiger charge is -2.24. The molecule has 3 amide bonds. The number of carbonyl (C=O) groups excluding carboxylic acids is 3. The summed E-state index contributed by atoms with van der Waals surface area (Å²) in [4.78, 5) is 37.5. The van der Waals surface area contributed by atoms with Crippen molar-refractivity contribution in [3.63, 3.8) is 0 Å². The first kappa shape index (κ1) is 16.7. The lowest BCUT2D eigenvalue weighted by atomic mass is 10.0. The van der Waals surface area contributed by atoms with Gasteiger partial charge < -0.3 is 5.73 Å². The summed E-state index contributed by atoms with van der Waals surface area (Å²) in [5.41, 5.74) is 4.26. The van der Waals surface area contributed by atoms with Gasteiger partial charge in [0.15, 0.2) is 0 Å². The Morgan fingerprint density at radius 2 is 1.52 bits per heavy atom. The highest BCUT2D eigenvalue weighted by Gasteiger charge is 2.43. The maximum atomic E-state index is 12.9. The highest BCUT2D eigenvalue weighted by Crippen LogP contribution is 2.35. The fourth-order valence-corrected chi connectivity index (χ4v) is 2.77. The van der Waals surface area contributed by atoms with Crippen LogP contribution in [0.25, 0.3) is 0 Å². The molecule has 0 saturated carbocycles. The molecule has 0 saturated heterocycles. The summed E-state index contributed by atoms with van der Waals surface area (Å²) in [5, 5.41) is 0. The van der Waals surface area contributed by atoms with Crippen LogP contribution in [-0.4, -0.2) is 22.6 Å². The zero-order valence-electron chi connectivity index (χ0n) is 12.6. The number of amides is 3. The van der Waals surface area contributed by atoms with Crippen LogP contribution in [-0.2, 0) is 11.0 Å². The van der Waals surface area contributed by atoms with Crippen LogP contribution in [0.2, 0.25) is 0 Å². The molecule has 0 bridgehead atoms.